The van der Waals surface area contributed by atoms with Gasteiger partial charge in [-0.3, -0.25) is 9.67 Å². The quantitative estimate of drug-likeness (QED) is 0.947. The van der Waals surface area contributed by atoms with Crippen LogP contribution in [0.15, 0.2) is 22.8 Å². The van der Waals surface area contributed by atoms with Gasteiger partial charge in [0.2, 0.25) is 0 Å². The van der Waals surface area contributed by atoms with Crippen LogP contribution in [0.3, 0.4) is 0 Å². The second-order valence-electron chi connectivity index (χ2n) is 4.45. The maximum Gasteiger partial charge on any atom is 0.101 e. The number of pyridine rings is 1. The molecule has 0 radical (unpaired) electrons. The summed E-state index contributed by atoms with van der Waals surface area (Å²) in [4.78, 5) is 4.25. The maximum atomic E-state index is 10.2. The molecular formula is C13H16BrN3O. The molecule has 96 valence electrons. The van der Waals surface area contributed by atoms with E-state index in [2.05, 4.69) is 26.0 Å². The van der Waals surface area contributed by atoms with Crippen molar-refractivity contribution in [2.24, 2.45) is 7.05 Å². The fourth-order valence-electron chi connectivity index (χ4n) is 1.87. The summed E-state index contributed by atoms with van der Waals surface area (Å²) in [5.41, 5.74) is 3.67. The molecule has 18 heavy (non-hydrogen) atoms. The van der Waals surface area contributed by atoms with Crippen molar-refractivity contribution in [3.05, 3.63) is 45.4 Å². The highest BCUT2D eigenvalue weighted by molar-refractivity contribution is 9.10. The Hall–Kier alpha value is -1.20. The minimum atomic E-state index is -0.614. The number of halogens is 1. The van der Waals surface area contributed by atoms with Crippen LogP contribution in [0, 0.1) is 13.8 Å². The molecule has 0 aliphatic rings. The lowest BCUT2D eigenvalue weighted by Crippen LogP contribution is -2.08. The van der Waals surface area contributed by atoms with Crippen molar-refractivity contribution in [2.45, 2.75) is 26.4 Å². The van der Waals surface area contributed by atoms with Crippen LogP contribution in [-0.2, 0) is 13.5 Å². The van der Waals surface area contributed by atoms with Crippen molar-refractivity contribution in [1.82, 2.24) is 14.8 Å². The summed E-state index contributed by atoms with van der Waals surface area (Å²) in [6.07, 6.45) is 1.65. The lowest BCUT2D eigenvalue weighted by molar-refractivity contribution is 0.171. The third-order valence-corrected chi connectivity index (χ3v) is 3.96. The van der Waals surface area contributed by atoms with Crippen LogP contribution in [0.5, 0.6) is 0 Å². The average molecular weight is 310 g/mol. The van der Waals surface area contributed by atoms with Crippen molar-refractivity contribution in [3.8, 4) is 0 Å². The van der Waals surface area contributed by atoms with Gasteiger partial charge in [-0.2, -0.15) is 5.10 Å². The smallest absolute Gasteiger partial charge is 0.101 e. The van der Waals surface area contributed by atoms with Gasteiger partial charge in [0.15, 0.2) is 0 Å². The third-order valence-electron chi connectivity index (χ3n) is 2.92. The molecule has 4 nitrogen and oxygen atoms in total. The number of aryl methyl sites for hydroxylation is 3. The van der Waals surface area contributed by atoms with Crippen molar-refractivity contribution in [3.63, 3.8) is 0 Å². The molecule has 0 aliphatic heterocycles. The Balaban J connectivity index is 2.21. The first-order valence-corrected chi connectivity index (χ1v) is 6.57. The molecule has 2 heterocycles. The standard InChI is InChI=1S/C13H16BrN3O/c1-8-4-5-10(15-7-8)12(18)6-11-13(14)9(2)16-17(11)3/h4-5,7,12,18H,6H2,1-3H3. The van der Waals surface area contributed by atoms with E-state index in [1.54, 1.807) is 10.9 Å². The molecule has 1 N–H and O–H groups in total. The Morgan fingerprint density at radius 2 is 2.11 bits per heavy atom. The summed E-state index contributed by atoms with van der Waals surface area (Å²) in [6, 6.07) is 3.81. The Morgan fingerprint density at radius 3 is 2.61 bits per heavy atom. The summed E-state index contributed by atoms with van der Waals surface area (Å²) in [6.45, 7) is 3.91. The van der Waals surface area contributed by atoms with E-state index < -0.39 is 6.10 Å². The number of aromatic nitrogens is 3. The monoisotopic (exact) mass is 309 g/mol. The van der Waals surface area contributed by atoms with E-state index >= 15 is 0 Å². The Morgan fingerprint density at radius 1 is 1.39 bits per heavy atom. The van der Waals surface area contributed by atoms with Crippen LogP contribution in [-0.4, -0.2) is 19.9 Å². The molecule has 5 heteroatoms. The van der Waals surface area contributed by atoms with Gasteiger partial charge < -0.3 is 5.11 Å². The van der Waals surface area contributed by atoms with E-state index in [1.165, 1.54) is 0 Å². The van der Waals surface area contributed by atoms with Gasteiger partial charge >= 0.3 is 0 Å². The minimum Gasteiger partial charge on any atom is -0.386 e. The van der Waals surface area contributed by atoms with E-state index in [9.17, 15) is 5.11 Å². The topological polar surface area (TPSA) is 50.9 Å². The molecule has 1 unspecified atom stereocenters. The van der Waals surface area contributed by atoms with E-state index in [1.807, 2.05) is 33.0 Å². The fraction of sp³-hybridized carbons (Fsp3) is 0.385. The van der Waals surface area contributed by atoms with Crippen LogP contribution in [0.25, 0.3) is 0 Å². The molecule has 2 aromatic heterocycles. The summed E-state index contributed by atoms with van der Waals surface area (Å²) >= 11 is 3.50. The Kier molecular flexibility index (Phi) is 3.82. The molecule has 0 bridgehead atoms. The number of nitrogens with zero attached hydrogens (tertiary/aromatic N) is 3. The van der Waals surface area contributed by atoms with Gasteiger partial charge in [-0.1, -0.05) is 6.07 Å². The van der Waals surface area contributed by atoms with Gasteiger partial charge in [0.1, 0.15) is 6.10 Å². The average Bonchev–Trinajstić information content (AvgIpc) is 2.57. The number of hydrogen-bond acceptors (Lipinski definition) is 3. The van der Waals surface area contributed by atoms with E-state index in [4.69, 9.17) is 0 Å². The fourth-order valence-corrected chi connectivity index (χ4v) is 2.36. The predicted molar refractivity (Wildman–Crippen MR) is 73.3 cm³/mol. The van der Waals surface area contributed by atoms with Gasteiger partial charge in [-0.25, -0.2) is 0 Å². The molecule has 2 aromatic rings. The summed E-state index contributed by atoms with van der Waals surface area (Å²) in [5, 5.41) is 14.5. The maximum absolute atomic E-state index is 10.2. The predicted octanol–water partition coefficient (Wildman–Crippen LogP) is 2.47. The molecule has 0 amide bonds. The van der Waals surface area contributed by atoms with Gasteiger partial charge in [0.05, 0.1) is 21.6 Å². The van der Waals surface area contributed by atoms with Crippen molar-refractivity contribution in [1.29, 1.82) is 0 Å². The third kappa shape index (κ3) is 2.62. The summed E-state index contributed by atoms with van der Waals surface area (Å²) in [5.74, 6) is 0. The van der Waals surface area contributed by atoms with Crippen molar-refractivity contribution < 1.29 is 5.11 Å². The zero-order valence-corrected chi connectivity index (χ0v) is 12.3. The molecule has 0 fully saturated rings. The van der Waals surface area contributed by atoms with Gasteiger partial charge in [0.25, 0.3) is 0 Å². The second kappa shape index (κ2) is 5.20. The lowest BCUT2D eigenvalue weighted by atomic mass is 10.1. The van der Waals surface area contributed by atoms with Gasteiger partial charge in [-0.05, 0) is 41.4 Å². The molecule has 0 aliphatic carbocycles. The zero-order chi connectivity index (χ0) is 13.3. The highest BCUT2D eigenvalue weighted by Gasteiger charge is 2.17. The Bertz CT molecular complexity index is 548. The van der Waals surface area contributed by atoms with Crippen LogP contribution in [0.2, 0.25) is 0 Å². The number of rotatable bonds is 3. The SMILES string of the molecule is Cc1ccc(C(O)Cc2c(Br)c(C)nn2C)nc1. The largest absolute Gasteiger partial charge is 0.386 e. The van der Waals surface area contributed by atoms with Crippen molar-refractivity contribution >= 4 is 15.9 Å². The summed E-state index contributed by atoms with van der Waals surface area (Å²) in [7, 11) is 1.88. The minimum absolute atomic E-state index is 0.494. The van der Waals surface area contributed by atoms with Crippen LogP contribution in [0.4, 0.5) is 0 Å². The number of aliphatic hydroxyl groups excluding tert-OH is 1. The van der Waals surface area contributed by atoms with Gasteiger partial charge in [0, 0.05) is 19.7 Å². The van der Waals surface area contributed by atoms with E-state index in [0.717, 1.165) is 21.4 Å². The van der Waals surface area contributed by atoms with E-state index in [-0.39, 0.29) is 0 Å². The van der Waals surface area contributed by atoms with Crippen LogP contribution < -0.4 is 0 Å². The molecule has 2 rings (SSSR count). The van der Waals surface area contributed by atoms with Crippen molar-refractivity contribution in [2.75, 3.05) is 0 Å². The van der Waals surface area contributed by atoms with E-state index in [0.29, 0.717) is 12.1 Å². The molecule has 0 aromatic carbocycles. The first kappa shape index (κ1) is 13.2. The first-order valence-electron chi connectivity index (χ1n) is 5.77. The molecule has 0 spiro atoms. The highest BCUT2D eigenvalue weighted by Crippen LogP contribution is 2.25. The van der Waals surface area contributed by atoms with Crippen LogP contribution in [0.1, 0.15) is 28.7 Å². The van der Waals surface area contributed by atoms with Crippen LogP contribution >= 0.6 is 15.9 Å². The molecule has 0 saturated heterocycles. The first-order chi connectivity index (χ1) is 8.49. The molecule has 0 saturated carbocycles. The summed E-state index contributed by atoms with van der Waals surface area (Å²) < 4.78 is 2.74. The highest BCUT2D eigenvalue weighted by atomic mass is 79.9. The lowest BCUT2D eigenvalue weighted by Gasteiger charge is -2.11. The number of hydrogen-bond donors (Lipinski definition) is 1. The molecule has 1 atom stereocenters. The molecular weight excluding hydrogens is 294 g/mol. The zero-order valence-electron chi connectivity index (χ0n) is 10.7. The number of aliphatic hydroxyl groups is 1. The Labute approximate surface area is 115 Å². The second-order valence-corrected chi connectivity index (χ2v) is 5.24. The normalized spacial score (nSPS) is 12.7. The van der Waals surface area contributed by atoms with Gasteiger partial charge in [-0.15, -0.1) is 0 Å².